The number of ether oxygens (including phenoxy) is 2. The van der Waals surface area contributed by atoms with Crippen LogP contribution in [0.1, 0.15) is 25.8 Å². The molecule has 0 fully saturated rings. The van der Waals surface area contributed by atoms with Crippen LogP contribution in [0.5, 0.6) is 11.5 Å². The molecule has 0 bridgehead atoms. The van der Waals surface area contributed by atoms with Crippen molar-refractivity contribution < 1.29 is 27.5 Å². The highest BCUT2D eigenvalue weighted by Gasteiger charge is 2.33. The van der Waals surface area contributed by atoms with Crippen molar-refractivity contribution in [3.05, 3.63) is 84.4 Å². The summed E-state index contributed by atoms with van der Waals surface area (Å²) in [5.74, 6) is 0.149. The Morgan fingerprint density at radius 2 is 1.55 bits per heavy atom. The van der Waals surface area contributed by atoms with E-state index in [1.807, 2.05) is 44.2 Å². The molecule has 0 spiro atoms. The van der Waals surface area contributed by atoms with Gasteiger partial charge in [0.05, 0.1) is 10.6 Å². The van der Waals surface area contributed by atoms with E-state index in [0.29, 0.717) is 44.1 Å². The lowest BCUT2D eigenvalue weighted by atomic mass is 10.1. The number of benzene rings is 3. The predicted octanol–water partition coefficient (Wildman–Crippen LogP) is 3.64. The number of nitrogens with one attached hydrogen (secondary N) is 1. The molecule has 1 aliphatic heterocycles. The highest BCUT2D eigenvalue weighted by Crippen LogP contribution is 2.36. The van der Waals surface area contributed by atoms with E-state index in [-0.39, 0.29) is 23.0 Å². The SMILES string of the molecule is CCNC(=O)[C@H](CC)N(CCc1ccccc1)C(=O)CN(c1ccc2c(c1)OCCO2)S(=O)(=O)c1ccccc1. The van der Waals surface area contributed by atoms with Gasteiger partial charge in [0, 0.05) is 19.2 Å². The number of nitrogens with zero attached hydrogens (tertiary/aromatic N) is 2. The van der Waals surface area contributed by atoms with Gasteiger partial charge in [-0.2, -0.15) is 0 Å². The zero-order valence-corrected chi connectivity index (χ0v) is 23.6. The first-order valence-electron chi connectivity index (χ1n) is 13.4. The molecule has 1 heterocycles. The largest absolute Gasteiger partial charge is 0.486 e. The van der Waals surface area contributed by atoms with E-state index in [4.69, 9.17) is 9.47 Å². The van der Waals surface area contributed by atoms with Crippen molar-refractivity contribution >= 4 is 27.5 Å². The molecule has 3 aromatic carbocycles. The molecular weight excluding hydrogens is 530 g/mol. The van der Waals surface area contributed by atoms with Gasteiger partial charge in [-0.1, -0.05) is 55.5 Å². The molecule has 0 aliphatic carbocycles. The number of hydrogen-bond acceptors (Lipinski definition) is 6. The zero-order valence-electron chi connectivity index (χ0n) is 22.8. The normalized spacial score (nSPS) is 13.2. The fraction of sp³-hybridized carbons (Fsp3) is 0.333. The molecule has 4 rings (SSSR count). The van der Waals surface area contributed by atoms with E-state index < -0.39 is 28.5 Å². The number of likely N-dealkylation sites (N-methyl/N-ethyl adjacent to an activating group) is 1. The minimum Gasteiger partial charge on any atom is -0.486 e. The van der Waals surface area contributed by atoms with Crippen LogP contribution in [-0.4, -0.2) is 64.0 Å². The second kappa shape index (κ2) is 13.3. The Labute approximate surface area is 235 Å². The Balaban J connectivity index is 1.71. The molecule has 0 saturated heterocycles. The number of fused-ring (bicyclic) bond motifs is 1. The highest BCUT2D eigenvalue weighted by molar-refractivity contribution is 7.92. The summed E-state index contributed by atoms with van der Waals surface area (Å²) >= 11 is 0. The van der Waals surface area contributed by atoms with Crippen LogP contribution in [-0.2, 0) is 26.0 Å². The van der Waals surface area contributed by atoms with E-state index in [9.17, 15) is 18.0 Å². The topological polar surface area (TPSA) is 105 Å². The standard InChI is InChI=1S/C30H35N3O6S/c1-3-26(30(35)31-4-2)32(18-17-23-11-7-5-8-12-23)29(34)22-33(40(36,37)25-13-9-6-10-14-25)24-15-16-27-28(21-24)39-20-19-38-27/h5-16,21,26H,3-4,17-20,22H2,1-2H3,(H,31,35)/t26-/m0/s1. The monoisotopic (exact) mass is 565 g/mol. The van der Waals surface area contributed by atoms with E-state index in [1.165, 1.54) is 17.0 Å². The molecule has 3 aromatic rings. The first-order chi connectivity index (χ1) is 19.3. The summed E-state index contributed by atoms with van der Waals surface area (Å²) in [6.07, 6.45) is 0.889. The highest BCUT2D eigenvalue weighted by atomic mass is 32.2. The van der Waals surface area contributed by atoms with Crippen molar-refractivity contribution in [1.29, 1.82) is 0 Å². The maximum atomic E-state index is 14.0. The minimum absolute atomic E-state index is 0.0456. The van der Waals surface area contributed by atoms with E-state index in [2.05, 4.69) is 5.32 Å². The third-order valence-corrected chi connectivity index (χ3v) is 8.43. The Bertz CT molecular complexity index is 1400. The summed E-state index contributed by atoms with van der Waals surface area (Å²) in [5.41, 5.74) is 1.27. The van der Waals surface area contributed by atoms with Gasteiger partial charge in [0.1, 0.15) is 25.8 Å². The molecule has 1 aliphatic rings. The Kier molecular flexibility index (Phi) is 9.65. The number of anilines is 1. The van der Waals surface area contributed by atoms with Crippen LogP contribution in [0, 0.1) is 0 Å². The molecule has 212 valence electrons. The Hall–Kier alpha value is -4.05. The summed E-state index contributed by atoms with van der Waals surface area (Å²) in [6.45, 7) is 4.55. The van der Waals surface area contributed by atoms with Crippen LogP contribution in [0.4, 0.5) is 5.69 Å². The molecule has 0 unspecified atom stereocenters. The zero-order chi connectivity index (χ0) is 28.5. The third kappa shape index (κ3) is 6.74. The maximum Gasteiger partial charge on any atom is 0.264 e. The number of carbonyl (C=O) groups excluding carboxylic acids is 2. The predicted molar refractivity (Wildman–Crippen MR) is 153 cm³/mol. The number of amides is 2. The first-order valence-corrected chi connectivity index (χ1v) is 14.9. The number of rotatable bonds is 12. The fourth-order valence-electron chi connectivity index (χ4n) is 4.62. The second-order valence-electron chi connectivity index (χ2n) is 9.29. The van der Waals surface area contributed by atoms with Crippen molar-refractivity contribution in [2.75, 3.05) is 37.2 Å². The molecule has 9 nitrogen and oxygen atoms in total. The lowest BCUT2D eigenvalue weighted by Gasteiger charge is -2.33. The van der Waals surface area contributed by atoms with Crippen LogP contribution in [0.15, 0.2) is 83.8 Å². The van der Waals surface area contributed by atoms with Gasteiger partial charge in [0.15, 0.2) is 11.5 Å². The molecule has 10 heteroatoms. The third-order valence-electron chi connectivity index (χ3n) is 6.64. The molecular formula is C30H35N3O6S. The minimum atomic E-state index is -4.15. The van der Waals surface area contributed by atoms with Crippen LogP contribution >= 0.6 is 0 Å². The average Bonchev–Trinajstić information content (AvgIpc) is 2.98. The van der Waals surface area contributed by atoms with Crippen LogP contribution in [0.2, 0.25) is 0 Å². The smallest absolute Gasteiger partial charge is 0.264 e. The number of sulfonamides is 1. The summed E-state index contributed by atoms with van der Waals surface area (Å²) in [7, 11) is -4.15. The molecule has 0 aromatic heterocycles. The van der Waals surface area contributed by atoms with Gasteiger partial charge in [0.25, 0.3) is 10.0 Å². The van der Waals surface area contributed by atoms with Gasteiger partial charge in [-0.05, 0) is 49.6 Å². The fourth-order valence-corrected chi connectivity index (χ4v) is 6.05. The maximum absolute atomic E-state index is 14.0. The molecule has 0 radical (unpaired) electrons. The van der Waals surface area contributed by atoms with E-state index >= 15 is 0 Å². The van der Waals surface area contributed by atoms with Crippen molar-refractivity contribution in [3.8, 4) is 11.5 Å². The van der Waals surface area contributed by atoms with Crippen molar-refractivity contribution in [2.24, 2.45) is 0 Å². The van der Waals surface area contributed by atoms with Gasteiger partial charge in [-0.15, -0.1) is 0 Å². The van der Waals surface area contributed by atoms with Gasteiger partial charge < -0.3 is 19.7 Å². The second-order valence-corrected chi connectivity index (χ2v) is 11.2. The summed E-state index contributed by atoms with van der Waals surface area (Å²) in [4.78, 5) is 28.5. The number of carbonyl (C=O) groups is 2. The average molecular weight is 566 g/mol. The molecule has 2 amide bonds. The van der Waals surface area contributed by atoms with E-state index in [0.717, 1.165) is 9.87 Å². The van der Waals surface area contributed by atoms with Crippen molar-refractivity contribution in [2.45, 2.75) is 37.6 Å². The van der Waals surface area contributed by atoms with Gasteiger partial charge in [-0.25, -0.2) is 8.42 Å². The molecule has 40 heavy (non-hydrogen) atoms. The molecule has 1 atom stereocenters. The Morgan fingerprint density at radius 3 is 2.20 bits per heavy atom. The molecule has 1 N–H and O–H groups in total. The number of hydrogen-bond donors (Lipinski definition) is 1. The summed E-state index contributed by atoms with van der Waals surface area (Å²) < 4.78 is 40.2. The summed E-state index contributed by atoms with van der Waals surface area (Å²) in [5, 5.41) is 2.81. The van der Waals surface area contributed by atoms with E-state index in [1.54, 1.807) is 36.4 Å². The van der Waals surface area contributed by atoms with Crippen LogP contribution in [0.25, 0.3) is 0 Å². The van der Waals surface area contributed by atoms with Gasteiger partial charge >= 0.3 is 0 Å². The quantitative estimate of drug-likeness (QED) is 0.360. The lowest BCUT2D eigenvalue weighted by molar-refractivity contribution is -0.139. The van der Waals surface area contributed by atoms with Gasteiger partial charge in [-0.3, -0.25) is 13.9 Å². The first kappa shape index (κ1) is 28.9. The van der Waals surface area contributed by atoms with Crippen LogP contribution < -0.4 is 19.1 Å². The lowest BCUT2D eigenvalue weighted by Crippen LogP contribution is -2.53. The summed E-state index contributed by atoms with van der Waals surface area (Å²) in [6, 6.07) is 21.7. The van der Waals surface area contributed by atoms with Crippen molar-refractivity contribution in [3.63, 3.8) is 0 Å². The Morgan fingerprint density at radius 1 is 0.900 bits per heavy atom. The molecule has 0 saturated carbocycles. The van der Waals surface area contributed by atoms with Crippen LogP contribution in [0.3, 0.4) is 0 Å². The van der Waals surface area contributed by atoms with Gasteiger partial charge in [0.2, 0.25) is 11.8 Å². The van der Waals surface area contributed by atoms with Crippen molar-refractivity contribution in [1.82, 2.24) is 10.2 Å².